The van der Waals surface area contributed by atoms with Crippen LogP contribution in [0.2, 0.25) is 0 Å². The zero-order valence-electron chi connectivity index (χ0n) is 16.8. The number of hydrogen-bond acceptors (Lipinski definition) is 4. The molecule has 1 aliphatic rings. The van der Waals surface area contributed by atoms with Crippen LogP contribution in [0.5, 0.6) is 0 Å². The summed E-state index contributed by atoms with van der Waals surface area (Å²) in [5, 5.41) is 4.37. The third-order valence-corrected chi connectivity index (χ3v) is 6.98. The first-order chi connectivity index (χ1) is 14.0. The lowest BCUT2D eigenvalue weighted by Crippen LogP contribution is -2.46. The van der Waals surface area contributed by atoms with Crippen LogP contribution in [0.1, 0.15) is 44.2 Å². The standard InChI is InChI=1S/C23H26FN3OS/c1-3-14(2)21(25)23(28)27-12-6-9-20(27)22-26-19(13-29-22)17-10-11-18(24)16-8-5-4-7-15(16)17/h4-5,7-8,10-11,13-14,20-21H,3,6,9,12,25H2,1-2H3/t14-,20+,21+/m1/s1. The number of fused-ring (bicyclic) bond motifs is 1. The van der Waals surface area contributed by atoms with Crippen molar-refractivity contribution >= 4 is 28.0 Å². The van der Waals surface area contributed by atoms with Crippen molar-refractivity contribution in [2.75, 3.05) is 6.54 Å². The van der Waals surface area contributed by atoms with Gasteiger partial charge in [0.2, 0.25) is 5.91 Å². The van der Waals surface area contributed by atoms with Crippen LogP contribution in [-0.4, -0.2) is 28.4 Å². The summed E-state index contributed by atoms with van der Waals surface area (Å²) < 4.78 is 14.2. The number of hydrogen-bond donors (Lipinski definition) is 1. The van der Waals surface area contributed by atoms with Crippen molar-refractivity contribution in [2.45, 2.75) is 45.2 Å². The highest BCUT2D eigenvalue weighted by Crippen LogP contribution is 2.38. The van der Waals surface area contributed by atoms with Gasteiger partial charge in [0, 0.05) is 22.9 Å². The Bertz CT molecular complexity index is 1030. The van der Waals surface area contributed by atoms with E-state index in [1.807, 2.05) is 35.4 Å². The number of aromatic nitrogens is 1. The lowest BCUT2D eigenvalue weighted by molar-refractivity contribution is -0.134. The van der Waals surface area contributed by atoms with Gasteiger partial charge in [-0.3, -0.25) is 4.79 Å². The Morgan fingerprint density at radius 1 is 1.31 bits per heavy atom. The molecule has 2 aromatic carbocycles. The van der Waals surface area contributed by atoms with Crippen LogP contribution in [0.4, 0.5) is 4.39 Å². The van der Waals surface area contributed by atoms with E-state index >= 15 is 0 Å². The summed E-state index contributed by atoms with van der Waals surface area (Å²) in [5.41, 5.74) is 7.96. The molecule has 1 saturated heterocycles. The molecule has 0 spiro atoms. The van der Waals surface area contributed by atoms with Crippen molar-refractivity contribution in [3.63, 3.8) is 0 Å². The highest BCUT2D eigenvalue weighted by Gasteiger charge is 2.35. The van der Waals surface area contributed by atoms with Gasteiger partial charge in [-0.05, 0) is 36.3 Å². The summed E-state index contributed by atoms with van der Waals surface area (Å²) in [7, 11) is 0. The maximum atomic E-state index is 14.2. The topological polar surface area (TPSA) is 59.2 Å². The normalized spacial score (nSPS) is 18.9. The van der Waals surface area contributed by atoms with Crippen LogP contribution in [0.15, 0.2) is 41.8 Å². The van der Waals surface area contributed by atoms with Crippen molar-refractivity contribution in [3.05, 3.63) is 52.6 Å². The second-order valence-electron chi connectivity index (χ2n) is 7.81. The summed E-state index contributed by atoms with van der Waals surface area (Å²) >= 11 is 1.56. The lowest BCUT2D eigenvalue weighted by Gasteiger charge is -2.28. The smallest absolute Gasteiger partial charge is 0.240 e. The first kappa shape index (κ1) is 20.0. The van der Waals surface area contributed by atoms with E-state index in [0.29, 0.717) is 5.39 Å². The number of likely N-dealkylation sites (tertiary alicyclic amines) is 1. The van der Waals surface area contributed by atoms with Gasteiger partial charge in [-0.15, -0.1) is 11.3 Å². The molecule has 1 fully saturated rings. The van der Waals surface area contributed by atoms with Gasteiger partial charge >= 0.3 is 0 Å². The van der Waals surface area contributed by atoms with Gasteiger partial charge in [0.25, 0.3) is 0 Å². The Hall–Kier alpha value is -2.31. The van der Waals surface area contributed by atoms with E-state index in [1.165, 1.54) is 6.07 Å². The van der Waals surface area contributed by atoms with Crippen molar-refractivity contribution in [1.29, 1.82) is 0 Å². The maximum Gasteiger partial charge on any atom is 0.240 e. The van der Waals surface area contributed by atoms with E-state index < -0.39 is 6.04 Å². The van der Waals surface area contributed by atoms with E-state index in [9.17, 15) is 9.18 Å². The zero-order valence-corrected chi connectivity index (χ0v) is 17.6. The van der Waals surface area contributed by atoms with Crippen LogP contribution < -0.4 is 5.73 Å². The Morgan fingerprint density at radius 3 is 2.83 bits per heavy atom. The summed E-state index contributed by atoms with van der Waals surface area (Å²) in [6.07, 6.45) is 2.73. The fraction of sp³-hybridized carbons (Fsp3) is 0.391. The van der Waals surface area contributed by atoms with Gasteiger partial charge in [-0.25, -0.2) is 9.37 Å². The Labute approximate surface area is 174 Å². The minimum atomic E-state index is -0.471. The SMILES string of the molecule is CC[C@@H](C)[C@H](N)C(=O)N1CCC[C@H]1c1nc(-c2ccc(F)c3ccccc23)cs1. The van der Waals surface area contributed by atoms with E-state index in [1.54, 1.807) is 23.5 Å². The summed E-state index contributed by atoms with van der Waals surface area (Å²) in [6.45, 7) is 4.80. The molecular formula is C23H26FN3OS. The molecule has 4 rings (SSSR count). The maximum absolute atomic E-state index is 14.2. The zero-order chi connectivity index (χ0) is 20.5. The molecule has 1 aromatic heterocycles. The first-order valence-corrected chi connectivity index (χ1v) is 11.1. The number of nitrogens with two attached hydrogens (primary N) is 1. The predicted octanol–water partition coefficient (Wildman–Crippen LogP) is 5.14. The summed E-state index contributed by atoms with van der Waals surface area (Å²) in [6, 6.07) is 10.2. The van der Waals surface area contributed by atoms with E-state index in [2.05, 4.69) is 6.92 Å². The minimum Gasteiger partial charge on any atom is -0.332 e. The molecular weight excluding hydrogens is 385 g/mol. The molecule has 4 nitrogen and oxygen atoms in total. The predicted molar refractivity (Wildman–Crippen MR) is 116 cm³/mol. The molecule has 3 atom stereocenters. The van der Waals surface area contributed by atoms with Crippen molar-refractivity contribution in [2.24, 2.45) is 11.7 Å². The largest absolute Gasteiger partial charge is 0.332 e. The number of amides is 1. The van der Waals surface area contributed by atoms with Gasteiger partial charge in [0.15, 0.2) is 0 Å². The molecule has 0 unspecified atom stereocenters. The third-order valence-electron chi connectivity index (χ3n) is 6.03. The average molecular weight is 412 g/mol. The number of carbonyl (C=O) groups excluding carboxylic acids is 1. The van der Waals surface area contributed by atoms with E-state index in [-0.39, 0.29) is 23.7 Å². The van der Waals surface area contributed by atoms with Crippen LogP contribution in [0.25, 0.3) is 22.0 Å². The Kier molecular flexibility index (Phi) is 5.65. The molecule has 2 heterocycles. The first-order valence-electron chi connectivity index (χ1n) is 10.2. The molecule has 1 aliphatic heterocycles. The number of halogens is 1. The second kappa shape index (κ2) is 8.20. The molecule has 0 saturated carbocycles. The quantitative estimate of drug-likeness (QED) is 0.632. The van der Waals surface area contributed by atoms with Crippen molar-refractivity contribution in [3.8, 4) is 11.3 Å². The fourth-order valence-electron chi connectivity index (χ4n) is 4.03. The number of carbonyl (C=O) groups is 1. The van der Waals surface area contributed by atoms with E-state index in [4.69, 9.17) is 10.7 Å². The number of thiazole rings is 1. The second-order valence-corrected chi connectivity index (χ2v) is 8.70. The molecule has 0 radical (unpaired) electrons. The molecule has 29 heavy (non-hydrogen) atoms. The number of benzene rings is 2. The van der Waals surface area contributed by atoms with Crippen LogP contribution in [-0.2, 0) is 4.79 Å². The van der Waals surface area contributed by atoms with Gasteiger partial charge in [0.05, 0.1) is 17.8 Å². The molecule has 1 amide bonds. The number of nitrogens with zero attached hydrogens (tertiary/aromatic N) is 2. The van der Waals surface area contributed by atoms with Gasteiger partial charge in [0.1, 0.15) is 10.8 Å². The van der Waals surface area contributed by atoms with E-state index in [0.717, 1.165) is 47.5 Å². The lowest BCUT2D eigenvalue weighted by atomic mass is 9.98. The monoisotopic (exact) mass is 411 g/mol. The Balaban J connectivity index is 1.64. The molecule has 3 aromatic rings. The third kappa shape index (κ3) is 3.67. The highest BCUT2D eigenvalue weighted by molar-refractivity contribution is 7.10. The molecule has 2 N–H and O–H groups in total. The molecule has 0 bridgehead atoms. The number of rotatable bonds is 5. The molecule has 6 heteroatoms. The minimum absolute atomic E-state index is 0.0193. The average Bonchev–Trinajstić information content (AvgIpc) is 3.42. The van der Waals surface area contributed by atoms with Gasteiger partial charge in [-0.1, -0.05) is 44.5 Å². The summed E-state index contributed by atoms with van der Waals surface area (Å²) in [5.74, 6) is -0.0570. The highest BCUT2D eigenvalue weighted by atomic mass is 32.1. The summed E-state index contributed by atoms with van der Waals surface area (Å²) in [4.78, 5) is 19.7. The van der Waals surface area contributed by atoms with Gasteiger partial charge in [-0.2, -0.15) is 0 Å². The van der Waals surface area contributed by atoms with Crippen LogP contribution in [0, 0.1) is 11.7 Å². The fourth-order valence-corrected chi connectivity index (χ4v) is 4.99. The Morgan fingerprint density at radius 2 is 2.07 bits per heavy atom. The molecule has 0 aliphatic carbocycles. The molecule has 152 valence electrons. The van der Waals surface area contributed by atoms with Crippen molar-refractivity contribution < 1.29 is 9.18 Å². The van der Waals surface area contributed by atoms with Crippen LogP contribution in [0.3, 0.4) is 0 Å². The van der Waals surface area contributed by atoms with Gasteiger partial charge < -0.3 is 10.6 Å². The van der Waals surface area contributed by atoms with Crippen LogP contribution >= 0.6 is 11.3 Å². The van der Waals surface area contributed by atoms with Crippen molar-refractivity contribution in [1.82, 2.24) is 9.88 Å².